The molecule has 0 aromatic carbocycles. The summed E-state index contributed by atoms with van der Waals surface area (Å²) in [6, 6.07) is -0.528. The van der Waals surface area contributed by atoms with Gasteiger partial charge in [0.15, 0.2) is 0 Å². The average molecular weight is 347 g/mol. The van der Waals surface area contributed by atoms with E-state index in [9.17, 15) is 15.3 Å². The minimum absolute atomic E-state index is 0.119. The van der Waals surface area contributed by atoms with Crippen molar-refractivity contribution in [2.24, 2.45) is 0 Å². The fourth-order valence-corrected chi connectivity index (χ4v) is 3.45. The van der Waals surface area contributed by atoms with Crippen molar-refractivity contribution in [1.29, 1.82) is 0 Å². The summed E-state index contributed by atoms with van der Waals surface area (Å²) in [4.78, 5) is 0. The smallest absolute Gasteiger partial charge is 0.0989 e. The molecule has 0 aliphatic carbocycles. The number of aliphatic hydroxyl groups excluding tert-OH is 5. The third kappa shape index (κ3) is 8.23. The first-order valence-electron chi connectivity index (χ1n) is 9.62. The van der Waals surface area contributed by atoms with Crippen LogP contribution in [0.4, 0.5) is 0 Å². The van der Waals surface area contributed by atoms with Crippen LogP contribution < -0.4 is 5.32 Å². The molecule has 6 heteroatoms. The Kier molecular flexibility index (Phi) is 11.8. The fourth-order valence-electron chi connectivity index (χ4n) is 3.45. The lowest BCUT2D eigenvalue weighted by Crippen LogP contribution is -2.36. The molecular formula is C18H37NO5. The first kappa shape index (κ1) is 21.8. The molecule has 0 aromatic heterocycles. The summed E-state index contributed by atoms with van der Waals surface area (Å²) in [5.74, 6) is 0. The van der Waals surface area contributed by atoms with Crippen LogP contribution in [-0.2, 0) is 0 Å². The lowest BCUT2D eigenvalue weighted by molar-refractivity contribution is 0.0186. The zero-order chi connectivity index (χ0) is 17.8. The molecule has 144 valence electrons. The normalized spacial score (nSPS) is 28.4. The summed E-state index contributed by atoms with van der Waals surface area (Å²) in [5.41, 5.74) is 0. The van der Waals surface area contributed by atoms with E-state index in [1.54, 1.807) is 0 Å². The van der Waals surface area contributed by atoms with E-state index in [1.807, 2.05) is 0 Å². The molecular weight excluding hydrogens is 310 g/mol. The number of hydrogen-bond donors (Lipinski definition) is 6. The van der Waals surface area contributed by atoms with Gasteiger partial charge in [0.25, 0.3) is 0 Å². The Bertz CT molecular complexity index is 305. The average Bonchev–Trinajstić information content (AvgIpc) is 2.85. The van der Waals surface area contributed by atoms with Crippen molar-refractivity contribution < 1.29 is 25.5 Å². The predicted octanol–water partition coefficient (Wildman–Crippen LogP) is 0.685. The highest BCUT2D eigenvalue weighted by molar-refractivity contribution is 4.97. The van der Waals surface area contributed by atoms with Crippen LogP contribution in [0.2, 0.25) is 0 Å². The van der Waals surface area contributed by atoms with E-state index in [4.69, 9.17) is 10.2 Å². The van der Waals surface area contributed by atoms with Crippen LogP contribution in [0.3, 0.4) is 0 Å². The van der Waals surface area contributed by atoms with Crippen LogP contribution in [0, 0.1) is 0 Å². The van der Waals surface area contributed by atoms with Gasteiger partial charge in [-0.25, -0.2) is 0 Å². The Morgan fingerprint density at radius 2 is 1.25 bits per heavy atom. The van der Waals surface area contributed by atoms with E-state index in [2.05, 4.69) is 5.32 Å². The second-order valence-electron chi connectivity index (χ2n) is 7.12. The van der Waals surface area contributed by atoms with Gasteiger partial charge in [0.1, 0.15) is 0 Å². The minimum Gasteiger partial charge on any atom is -0.396 e. The van der Waals surface area contributed by atoms with E-state index < -0.39 is 18.2 Å². The zero-order valence-electron chi connectivity index (χ0n) is 14.8. The van der Waals surface area contributed by atoms with Gasteiger partial charge in [-0.15, -0.1) is 0 Å². The van der Waals surface area contributed by atoms with Crippen molar-refractivity contribution in [3.63, 3.8) is 0 Å². The van der Waals surface area contributed by atoms with Crippen LogP contribution >= 0.6 is 0 Å². The van der Waals surface area contributed by atoms with Crippen LogP contribution in [0.5, 0.6) is 0 Å². The quantitative estimate of drug-likeness (QED) is 0.258. The highest BCUT2D eigenvalue weighted by Gasteiger charge is 2.39. The molecule has 1 aliphatic rings. The lowest BCUT2D eigenvalue weighted by Gasteiger charge is -2.15. The summed E-state index contributed by atoms with van der Waals surface area (Å²) in [6.45, 7) is 0.0559. The van der Waals surface area contributed by atoms with E-state index in [0.717, 1.165) is 70.6 Å². The molecule has 1 saturated heterocycles. The molecule has 6 nitrogen and oxygen atoms in total. The summed E-state index contributed by atoms with van der Waals surface area (Å²) >= 11 is 0. The van der Waals surface area contributed by atoms with Gasteiger partial charge in [0.05, 0.1) is 31.0 Å². The van der Waals surface area contributed by atoms with Gasteiger partial charge in [-0.2, -0.15) is 0 Å². The largest absolute Gasteiger partial charge is 0.396 e. The molecule has 0 spiro atoms. The van der Waals surface area contributed by atoms with Gasteiger partial charge in [0.2, 0.25) is 0 Å². The molecule has 5 atom stereocenters. The van der Waals surface area contributed by atoms with Crippen LogP contribution in [0.25, 0.3) is 0 Å². The van der Waals surface area contributed by atoms with Crippen molar-refractivity contribution in [3.8, 4) is 0 Å². The predicted molar refractivity (Wildman–Crippen MR) is 93.7 cm³/mol. The first-order valence-corrected chi connectivity index (χ1v) is 9.62. The van der Waals surface area contributed by atoms with Gasteiger partial charge >= 0.3 is 0 Å². The van der Waals surface area contributed by atoms with Gasteiger partial charge < -0.3 is 30.8 Å². The highest BCUT2D eigenvalue weighted by Crippen LogP contribution is 2.20. The molecule has 1 heterocycles. The monoisotopic (exact) mass is 347 g/mol. The zero-order valence-corrected chi connectivity index (χ0v) is 14.8. The summed E-state index contributed by atoms with van der Waals surface area (Å²) in [5, 5.41) is 50.3. The van der Waals surface area contributed by atoms with Crippen molar-refractivity contribution >= 4 is 0 Å². The van der Waals surface area contributed by atoms with Crippen molar-refractivity contribution in [3.05, 3.63) is 0 Å². The van der Waals surface area contributed by atoms with Crippen LogP contribution in [0.15, 0.2) is 0 Å². The molecule has 24 heavy (non-hydrogen) atoms. The van der Waals surface area contributed by atoms with E-state index in [1.165, 1.54) is 0 Å². The Labute approximate surface area is 145 Å². The molecule has 0 bridgehead atoms. The van der Waals surface area contributed by atoms with Gasteiger partial charge in [-0.3, -0.25) is 0 Å². The summed E-state index contributed by atoms with van der Waals surface area (Å²) in [6.07, 6.45) is 8.84. The SMILES string of the molecule is OCCCC[C@H](O)CCCCCCCC[C@H]1N[C@H](CO)[C@@H](O)[C@@H]1O. The second kappa shape index (κ2) is 13.0. The molecule has 1 fully saturated rings. The van der Waals surface area contributed by atoms with Gasteiger partial charge in [-0.05, 0) is 32.1 Å². The highest BCUT2D eigenvalue weighted by atomic mass is 16.3. The molecule has 1 rings (SSSR count). The summed E-state index contributed by atoms with van der Waals surface area (Å²) < 4.78 is 0. The van der Waals surface area contributed by atoms with Crippen molar-refractivity contribution in [1.82, 2.24) is 5.32 Å². The van der Waals surface area contributed by atoms with Crippen molar-refractivity contribution in [2.45, 2.75) is 101 Å². The van der Waals surface area contributed by atoms with Crippen LogP contribution in [0.1, 0.15) is 70.6 Å². The number of aliphatic hydroxyl groups is 5. The Morgan fingerprint density at radius 3 is 1.83 bits per heavy atom. The molecule has 1 aliphatic heterocycles. The number of hydrogen-bond acceptors (Lipinski definition) is 6. The van der Waals surface area contributed by atoms with Crippen LogP contribution in [-0.4, -0.2) is 69.1 Å². The number of unbranched alkanes of at least 4 members (excludes halogenated alkanes) is 6. The lowest BCUT2D eigenvalue weighted by atomic mass is 10.0. The molecule has 0 aromatic rings. The molecule has 0 unspecified atom stereocenters. The van der Waals surface area contributed by atoms with Gasteiger partial charge in [0, 0.05) is 12.6 Å². The summed E-state index contributed by atoms with van der Waals surface area (Å²) in [7, 11) is 0. The third-order valence-electron chi connectivity index (χ3n) is 5.05. The van der Waals surface area contributed by atoms with E-state index >= 15 is 0 Å². The fraction of sp³-hybridized carbons (Fsp3) is 1.00. The standard InChI is InChI=1S/C18H37NO5/c20-12-8-7-10-14(22)9-5-3-1-2-4-6-11-15-17(23)18(24)16(13-21)19-15/h14-24H,1-13H2/t14-,15-,16-,17-,18-/m1/s1. The molecule has 0 saturated carbocycles. The van der Waals surface area contributed by atoms with Crippen molar-refractivity contribution in [2.75, 3.05) is 13.2 Å². The maximum atomic E-state index is 9.90. The second-order valence-corrected chi connectivity index (χ2v) is 7.12. The Hall–Kier alpha value is -0.240. The maximum absolute atomic E-state index is 9.90. The molecule has 0 amide bonds. The van der Waals surface area contributed by atoms with E-state index in [0.29, 0.717) is 0 Å². The minimum atomic E-state index is -0.871. The molecule has 0 radical (unpaired) electrons. The maximum Gasteiger partial charge on any atom is 0.0989 e. The number of rotatable bonds is 14. The topological polar surface area (TPSA) is 113 Å². The van der Waals surface area contributed by atoms with Gasteiger partial charge in [-0.1, -0.05) is 38.5 Å². The number of nitrogens with one attached hydrogen (secondary N) is 1. The van der Waals surface area contributed by atoms with E-state index in [-0.39, 0.29) is 25.4 Å². The Balaban J connectivity index is 1.92. The Morgan fingerprint density at radius 1 is 0.708 bits per heavy atom. The molecule has 6 N–H and O–H groups in total. The third-order valence-corrected chi connectivity index (χ3v) is 5.05. The first-order chi connectivity index (χ1) is 11.6.